The molecule has 8 heteroatoms. The van der Waals surface area contributed by atoms with Crippen molar-refractivity contribution in [2.24, 2.45) is 5.10 Å². The van der Waals surface area contributed by atoms with E-state index in [1.807, 2.05) is 68.4 Å². The number of carbonyl (C=O) groups excluding carboxylic acids is 1. The Labute approximate surface area is 208 Å². The quantitative estimate of drug-likeness (QED) is 0.192. The molecule has 3 rings (SSSR count). The largest absolute Gasteiger partial charge is 0.490 e. The molecule has 0 spiro atoms. The second-order valence-corrected chi connectivity index (χ2v) is 9.29. The van der Waals surface area contributed by atoms with Crippen molar-refractivity contribution in [2.45, 2.75) is 30.6 Å². The molecule has 0 aliphatic carbocycles. The molecule has 0 bridgehead atoms. The Morgan fingerprint density at radius 3 is 2.55 bits per heavy atom. The fraction of sp³-hybridized carbons (Fsp3) is 0.200. The number of hydrogen-bond acceptors (Lipinski definition) is 5. The average Bonchev–Trinajstić information content (AvgIpc) is 2.80. The molecule has 0 aliphatic heterocycles. The highest BCUT2D eigenvalue weighted by atomic mass is 35.5. The zero-order valence-corrected chi connectivity index (χ0v) is 20.6. The van der Waals surface area contributed by atoms with Crippen molar-refractivity contribution >= 4 is 47.1 Å². The molecule has 0 radical (unpaired) electrons. The SMILES string of the molecule is CCOc1cc(/C=N/NC(=O)C(C)Sc2ccc(Cl)cc2)ccc1OCc1cccc(Cl)c1. The number of halogens is 2. The van der Waals surface area contributed by atoms with Gasteiger partial charge in [0.1, 0.15) is 6.61 Å². The van der Waals surface area contributed by atoms with E-state index in [1.54, 1.807) is 18.3 Å². The number of hydrazone groups is 1. The lowest BCUT2D eigenvalue weighted by Crippen LogP contribution is -2.26. The van der Waals surface area contributed by atoms with Crippen LogP contribution in [0.3, 0.4) is 0 Å². The van der Waals surface area contributed by atoms with Crippen LogP contribution in [-0.4, -0.2) is 24.0 Å². The minimum absolute atomic E-state index is 0.197. The van der Waals surface area contributed by atoms with Gasteiger partial charge in [0.05, 0.1) is 18.1 Å². The van der Waals surface area contributed by atoms with E-state index in [-0.39, 0.29) is 11.2 Å². The number of hydrogen-bond donors (Lipinski definition) is 1. The zero-order valence-electron chi connectivity index (χ0n) is 18.3. The summed E-state index contributed by atoms with van der Waals surface area (Å²) >= 11 is 13.4. The lowest BCUT2D eigenvalue weighted by molar-refractivity contribution is -0.120. The molecule has 172 valence electrons. The van der Waals surface area contributed by atoms with E-state index in [1.165, 1.54) is 11.8 Å². The van der Waals surface area contributed by atoms with Gasteiger partial charge in [-0.3, -0.25) is 4.79 Å². The van der Waals surface area contributed by atoms with Gasteiger partial charge in [-0.15, -0.1) is 11.8 Å². The molecule has 0 aliphatic rings. The van der Waals surface area contributed by atoms with E-state index in [4.69, 9.17) is 32.7 Å². The molecular formula is C25H24Cl2N2O3S. The first-order valence-corrected chi connectivity index (χ1v) is 12.0. The van der Waals surface area contributed by atoms with E-state index in [2.05, 4.69) is 10.5 Å². The molecule has 0 saturated carbocycles. The molecule has 1 unspecified atom stereocenters. The minimum Gasteiger partial charge on any atom is -0.490 e. The van der Waals surface area contributed by atoms with E-state index in [0.29, 0.717) is 34.8 Å². The summed E-state index contributed by atoms with van der Waals surface area (Å²) < 4.78 is 11.6. The van der Waals surface area contributed by atoms with Crippen molar-refractivity contribution in [1.82, 2.24) is 5.43 Å². The molecule has 0 aromatic heterocycles. The van der Waals surface area contributed by atoms with Gasteiger partial charge in [-0.1, -0.05) is 35.3 Å². The summed E-state index contributed by atoms with van der Waals surface area (Å²) in [5, 5.41) is 5.09. The third kappa shape index (κ3) is 8.00. The Hall–Kier alpha value is -2.67. The number of thioether (sulfide) groups is 1. The number of amides is 1. The zero-order chi connectivity index (χ0) is 23.6. The smallest absolute Gasteiger partial charge is 0.253 e. The normalized spacial score (nSPS) is 11.9. The van der Waals surface area contributed by atoms with Crippen LogP contribution in [0.4, 0.5) is 0 Å². The Kier molecular flexibility index (Phi) is 9.48. The fourth-order valence-corrected chi connectivity index (χ4v) is 4.01. The summed E-state index contributed by atoms with van der Waals surface area (Å²) in [6, 6.07) is 20.3. The van der Waals surface area contributed by atoms with Crippen LogP contribution in [-0.2, 0) is 11.4 Å². The summed E-state index contributed by atoms with van der Waals surface area (Å²) in [7, 11) is 0. The van der Waals surface area contributed by atoms with Gasteiger partial charge < -0.3 is 9.47 Å². The van der Waals surface area contributed by atoms with Crippen LogP contribution in [0.15, 0.2) is 76.7 Å². The Morgan fingerprint density at radius 1 is 1.03 bits per heavy atom. The van der Waals surface area contributed by atoms with Gasteiger partial charge >= 0.3 is 0 Å². The molecular weight excluding hydrogens is 479 g/mol. The maximum atomic E-state index is 12.3. The van der Waals surface area contributed by atoms with Crippen LogP contribution in [0, 0.1) is 0 Å². The van der Waals surface area contributed by atoms with E-state index in [0.717, 1.165) is 16.0 Å². The van der Waals surface area contributed by atoms with Crippen molar-refractivity contribution < 1.29 is 14.3 Å². The number of nitrogens with zero attached hydrogens (tertiary/aromatic N) is 1. The van der Waals surface area contributed by atoms with Gasteiger partial charge in [-0.25, -0.2) is 5.43 Å². The Balaban J connectivity index is 1.58. The van der Waals surface area contributed by atoms with Crippen molar-refractivity contribution in [2.75, 3.05) is 6.61 Å². The van der Waals surface area contributed by atoms with Crippen molar-refractivity contribution in [3.63, 3.8) is 0 Å². The Bertz CT molecular complexity index is 1110. The third-order valence-electron chi connectivity index (χ3n) is 4.44. The van der Waals surface area contributed by atoms with Gasteiger partial charge in [0, 0.05) is 14.9 Å². The van der Waals surface area contributed by atoms with Crippen LogP contribution < -0.4 is 14.9 Å². The van der Waals surface area contributed by atoms with Gasteiger partial charge in [0.15, 0.2) is 11.5 Å². The molecule has 3 aromatic rings. The molecule has 0 fully saturated rings. The summed E-state index contributed by atoms with van der Waals surface area (Å²) in [6.07, 6.45) is 1.57. The topological polar surface area (TPSA) is 59.9 Å². The van der Waals surface area contributed by atoms with Gasteiger partial charge in [-0.05, 0) is 79.6 Å². The molecule has 1 amide bonds. The number of benzene rings is 3. The van der Waals surface area contributed by atoms with Crippen molar-refractivity contribution in [3.8, 4) is 11.5 Å². The lowest BCUT2D eigenvalue weighted by atomic mass is 10.2. The number of ether oxygens (including phenoxy) is 2. The maximum Gasteiger partial charge on any atom is 0.253 e. The summed E-state index contributed by atoms with van der Waals surface area (Å²) in [6.45, 7) is 4.59. The Morgan fingerprint density at radius 2 is 1.82 bits per heavy atom. The molecule has 1 atom stereocenters. The van der Waals surface area contributed by atoms with E-state index >= 15 is 0 Å². The van der Waals surface area contributed by atoms with Gasteiger partial charge in [0.25, 0.3) is 5.91 Å². The van der Waals surface area contributed by atoms with Crippen molar-refractivity contribution in [1.29, 1.82) is 0 Å². The molecule has 3 aromatic carbocycles. The molecule has 1 N–H and O–H groups in total. The van der Waals surface area contributed by atoms with Crippen LogP contribution in [0.5, 0.6) is 11.5 Å². The predicted octanol–water partition coefficient (Wildman–Crippen LogP) is 6.60. The summed E-state index contributed by atoms with van der Waals surface area (Å²) in [5.74, 6) is 1.02. The summed E-state index contributed by atoms with van der Waals surface area (Å²) in [5.41, 5.74) is 4.31. The third-order valence-corrected chi connectivity index (χ3v) is 6.03. The molecule has 33 heavy (non-hydrogen) atoms. The van der Waals surface area contributed by atoms with Crippen LogP contribution in [0.2, 0.25) is 10.0 Å². The number of rotatable bonds is 10. The maximum absolute atomic E-state index is 12.3. The summed E-state index contributed by atoms with van der Waals surface area (Å²) in [4.78, 5) is 13.3. The first kappa shape index (κ1) is 25.0. The lowest BCUT2D eigenvalue weighted by Gasteiger charge is -2.13. The second-order valence-electron chi connectivity index (χ2n) is 7.01. The number of carbonyl (C=O) groups is 1. The second kappa shape index (κ2) is 12.5. The first-order valence-electron chi connectivity index (χ1n) is 10.3. The van der Waals surface area contributed by atoms with Gasteiger partial charge in [0.2, 0.25) is 0 Å². The van der Waals surface area contributed by atoms with E-state index in [9.17, 15) is 4.79 Å². The molecule has 0 heterocycles. The standard InChI is InChI=1S/C25H24Cl2N2O3S/c1-3-31-24-14-18(7-12-23(24)32-16-19-5-4-6-21(27)13-19)15-28-29-25(30)17(2)33-22-10-8-20(26)9-11-22/h4-15,17H,3,16H2,1-2H3,(H,29,30)/b28-15+. The highest BCUT2D eigenvalue weighted by Gasteiger charge is 2.13. The molecule has 5 nitrogen and oxygen atoms in total. The van der Waals surface area contributed by atoms with Crippen LogP contribution >= 0.6 is 35.0 Å². The highest BCUT2D eigenvalue weighted by Crippen LogP contribution is 2.29. The fourth-order valence-electron chi connectivity index (χ4n) is 2.81. The predicted molar refractivity (Wildman–Crippen MR) is 136 cm³/mol. The minimum atomic E-state index is -0.315. The monoisotopic (exact) mass is 502 g/mol. The highest BCUT2D eigenvalue weighted by molar-refractivity contribution is 8.00. The van der Waals surface area contributed by atoms with E-state index < -0.39 is 0 Å². The van der Waals surface area contributed by atoms with Crippen LogP contribution in [0.25, 0.3) is 0 Å². The molecule has 0 saturated heterocycles. The van der Waals surface area contributed by atoms with Crippen LogP contribution in [0.1, 0.15) is 25.0 Å². The number of nitrogens with one attached hydrogen (secondary N) is 1. The van der Waals surface area contributed by atoms with Crippen molar-refractivity contribution in [3.05, 3.63) is 87.9 Å². The first-order chi connectivity index (χ1) is 15.9. The van der Waals surface area contributed by atoms with Gasteiger partial charge in [-0.2, -0.15) is 5.10 Å². The average molecular weight is 503 g/mol.